The first-order chi connectivity index (χ1) is 9.60. The first kappa shape index (κ1) is 15.3. The van der Waals surface area contributed by atoms with Crippen molar-refractivity contribution in [2.45, 2.75) is 26.7 Å². The van der Waals surface area contributed by atoms with Gasteiger partial charge in [-0.25, -0.2) is 0 Å². The molecular weight excluding hydrogens is 270 g/mol. The van der Waals surface area contributed by atoms with E-state index in [0.717, 1.165) is 38.0 Å². The zero-order valence-electron chi connectivity index (χ0n) is 12.2. The zero-order chi connectivity index (χ0) is 14.5. The first-order valence-electron chi connectivity index (χ1n) is 7.24. The Bertz CT molecular complexity index is 509. The molecule has 1 saturated heterocycles. The second-order valence-electron chi connectivity index (χ2n) is 5.58. The summed E-state index contributed by atoms with van der Waals surface area (Å²) in [6.45, 7) is 7.12. The molecule has 1 aliphatic heterocycles. The Morgan fingerprint density at radius 1 is 1.50 bits per heavy atom. The Morgan fingerprint density at radius 3 is 3.00 bits per heavy atom. The Balaban J connectivity index is 2.03. The smallest absolute Gasteiger partial charge is 0.167 e. The molecule has 1 unspecified atom stereocenters. The van der Waals surface area contributed by atoms with E-state index < -0.39 is 0 Å². The van der Waals surface area contributed by atoms with Crippen LogP contribution in [-0.4, -0.2) is 30.3 Å². The van der Waals surface area contributed by atoms with Crippen LogP contribution < -0.4 is 0 Å². The third-order valence-electron chi connectivity index (χ3n) is 3.95. The second kappa shape index (κ2) is 7.05. The summed E-state index contributed by atoms with van der Waals surface area (Å²) >= 11 is 5.97. The number of hydrogen-bond donors (Lipinski definition) is 0. The maximum absolute atomic E-state index is 12.6. The van der Waals surface area contributed by atoms with E-state index in [4.69, 9.17) is 11.6 Å². The minimum absolute atomic E-state index is 0.104. The fraction of sp³-hybridized carbons (Fsp3) is 0.471. The van der Waals surface area contributed by atoms with Gasteiger partial charge in [0.1, 0.15) is 0 Å². The van der Waals surface area contributed by atoms with Crippen molar-refractivity contribution >= 4 is 17.4 Å². The van der Waals surface area contributed by atoms with Crippen molar-refractivity contribution in [1.29, 1.82) is 0 Å². The van der Waals surface area contributed by atoms with Crippen molar-refractivity contribution in [2.24, 2.45) is 5.92 Å². The van der Waals surface area contributed by atoms with E-state index >= 15 is 0 Å². The fourth-order valence-electron chi connectivity index (χ4n) is 2.73. The third kappa shape index (κ3) is 3.94. The summed E-state index contributed by atoms with van der Waals surface area (Å²) in [6, 6.07) is 7.30. The molecule has 1 aromatic rings. The molecule has 3 heteroatoms. The third-order valence-corrected chi connectivity index (χ3v) is 4.19. The Kier molecular flexibility index (Phi) is 5.38. The molecule has 0 aliphatic carbocycles. The van der Waals surface area contributed by atoms with E-state index in [2.05, 4.69) is 24.8 Å². The number of rotatable bonds is 4. The highest BCUT2D eigenvalue weighted by molar-refractivity contribution is 6.31. The van der Waals surface area contributed by atoms with Crippen molar-refractivity contribution in [1.82, 2.24) is 4.90 Å². The highest BCUT2D eigenvalue weighted by Gasteiger charge is 2.26. The van der Waals surface area contributed by atoms with Gasteiger partial charge in [-0.3, -0.25) is 9.69 Å². The number of likely N-dealkylation sites (tertiary alicyclic amines) is 1. The molecule has 1 aliphatic rings. The molecule has 0 saturated carbocycles. The maximum atomic E-state index is 12.6. The lowest BCUT2D eigenvalue weighted by Crippen LogP contribution is -2.39. The van der Waals surface area contributed by atoms with Gasteiger partial charge in [-0.2, -0.15) is 0 Å². The van der Waals surface area contributed by atoms with Crippen LogP contribution in [-0.2, 0) is 0 Å². The number of hydrogen-bond acceptors (Lipinski definition) is 2. The van der Waals surface area contributed by atoms with Crippen LogP contribution in [0.4, 0.5) is 0 Å². The SMILES string of the molecule is C/C=C(\C)CN1CCCC(C(=O)c2cccc(Cl)c2)C1. The predicted molar refractivity (Wildman–Crippen MR) is 84.4 cm³/mol. The Hall–Kier alpha value is -1.12. The Morgan fingerprint density at radius 2 is 2.30 bits per heavy atom. The second-order valence-corrected chi connectivity index (χ2v) is 6.02. The number of carbonyl (C=O) groups is 1. The molecule has 0 amide bonds. The van der Waals surface area contributed by atoms with E-state index in [1.54, 1.807) is 12.1 Å². The van der Waals surface area contributed by atoms with Crippen LogP contribution in [0, 0.1) is 5.92 Å². The molecule has 108 valence electrons. The number of piperidine rings is 1. The van der Waals surface area contributed by atoms with Crippen molar-refractivity contribution < 1.29 is 4.79 Å². The van der Waals surface area contributed by atoms with Gasteiger partial charge in [-0.15, -0.1) is 0 Å². The van der Waals surface area contributed by atoms with Crippen molar-refractivity contribution in [3.8, 4) is 0 Å². The van der Waals surface area contributed by atoms with E-state index in [1.807, 2.05) is 12.1 Å². The van der Waals surface area contributed by atoms with Crippen LogP contribution >= 0.6 is 11.6 Å². The highest BCUT2D eigenvalue weighted by Crippen LogP contribution is 2.23. The van der Waals surface area contributed by atoms with Gasteiger partial charge in [0.25, 0.3) is 0 Å². The predicted octanol–water partition coefficient (Wildman–Crippen LogP) is 4.20. The minimum Gasteiger partial charge on any atom is -0.299 e. The molecule has 0 bridgehead atoms. The monoisotopic (exact) mass is 291 g/mol. The summed E-state index contributed by atoms with van der Waals surface area (Å²) < 4.78 is 0. The molecule has 1 fully saturated rings. The van der Waals surface area contributed by atoms with E-state index in [0.29, 0.717) is 5.02 Å². The largest absolute Gasteiger partial charge is 0.299 e. The summed E-state index contributed by atoms with van der Waals surface area (Å²) in [5.74, 6) is 0.335. The van der Waals surface area contributed by atoms with Crippen LogP contribution in [0.2, 0.25) is 5.02 Å². The summed E-state index contributed by atoms with van der Waals surface area (Å²) in [7, 11) is 0. The van der Waals surface area contributed by atoms with Crippen molar-refractivity contribution in [2.75, 3.05) is 19.6 Å². The van der Waals surface area contributed by atoms with Crippen molar-refractivity contribution in [3.63, 3.8) is 0 Å². The maximum Gasteiger partial charge on any atom is 0.167 e. The van der Waals surface area contributed by atoms with E-state index in [1.165, 1.54) is 5.57 Å². The van der Waals surface area contributed by atoms with E-state index in [9.17, 15) is 4.79 Å². The number of halogens is 1. The quantitative estimate of drug-likeness (QED) is 0.612. The normalized spacial score (nSPS) is 20.9. The lowest BCUT2D eigenvalue weighted by Gasteiger charge is -2.32. The first-order valence-corrected chi connectivity index (χ1v) is 7.62. The van der Waals surface area contributed by atoms with Gasteiger partial charge in [0.2, 0.25) is 0 Å². The molecule has 0 radical (unpaired) electrons. The van der Waals surface area contributed by atoms with Gasteiger partial charge in [0, 0.05) is 29.6 Å². The van der Waals surface area contributed by atoms with Gasteiger partial charge >= 0.3 is 0 Å². The molecule has 0 N–H and O–H groups in total. The van der Waals surface area contributed by atoms with Crippen LogP contribution in [0.25, 0.3) is 0 Å². The van der Waals surface area contributed by atoms with Gasteiger partial charge in [-0.05, 0) is 45.4 Å². The van der Waals surface area contributed by atoms with Gasteiger partial charge in [0.15, 0.2) is 5.78 Å². The lowest BCUT2D eigenvalue weighted by molar-refractivity contribution is 0.0829. The van der Waals surface area contributed by atoms with Crippen LogP contribution in [0.15, 0.2) is 35.9 Å². The number of carbonyl (C=O) groups excluding carboxylic acids is 1. The fourth-order valence-corrected chi connectivity index (χ4v) is 2.92. The zero-order valence-corrected chi connectivity index (χ0v) is 13.0. The van der Waals surface area contributed by atoms with E-state index in [-0.39, 0.29) is 11.7 Å². The van der Waals surface area contributed by atoms with Gasteiger partial charge in [0.05, 0.1) is 0 Å². The number of nitrogens with zero attached hydrogens (tertiary/aromatic N) is 1. The van der Waals surface area contributed by atoms with Crippen LogP contribution in [0.1, 0.15) is 37.0 Å². The summed E-state index contributed by atoms with van der Waals surface area (Å²) in [6.07, 6.45) is 4.22. The summed E-state index contributed by atoms with van der Waals surface area (Å²) in [5.41, 5.74) is 2.10. The van der Waals surface area contributed by atoms with Crippen molar-refractivity contribution in [3.05, 3.63) is 46.5 Å². The lowest BCUT2D eigenvalue weighted by atomic mass is 9.90. The highest BCUT2D eigenvalue weighted by atomic mass is 35.5. The summed E-state index contributed by atoms with van der Waals surface area (Å²) in [5, 5.41) is 0.633. The molecule has 2 rings (SSSR count). The van der Waals surface area contributed by atoms with Gasteiger partial charge < -0.3 is 0 Å². The number of benzene rings is 1. The van der Waals surface area contributed by atoms with Crippen LogP contribution in [0.3, 0.4) is 0 Å². The molecule has 0 aromatic heterocycles. The minimum atomic E-state index is 0.104. The molecule has 0 spiro atoms. The topological polar surface area (TPSA) is 20.3 Å². The summed E-state index contributed by atoms with van der Waals surface area (Å²) in [4.78, 5) is 14.9. The van der Waals surface area contributed by atoms with Crippen LogP contribution in [0.5, 0.6) is 0 Å². The Labute approximate surface area is 126 Å². The average Bonchev–Trinajstić information content (AvgIpc) is 2.46. The molecule has 1 aromatic carbocycles. The number of allylic oxidation sites excluding steroid dienone is 1. The molecular formula is C17H22ClNO. The molecule has 1 atom stereocenters. The molecule has 1 heterocycles. The number of ketones is 1. The molecule has 2 nitrogen and oxygen atoms in total. The number of Topliss-reactive ketones (excluding diaryl/α,β-unsaturated/α-hetero) is 1. The van der Waals surface area contributed by atoms with Gasteiger partial charge in [-0.1, -0.05) is 35.4 Å². The average molecular weight is 292 g/mol. The molecule has 20 heavy (non-hydrogen) atoms. The standard InChI is InChI=1S/C17H22ClNO/c1-3-13(2)11-19-9-5-7-15(12-19)17(20)14-6-4-8-16(18)10-14/h3-4,6,8,10,15H,5,7,9,11-12H2,1-2H3/b13-3+.